The van der Waals surface area contributed by atoms with Crippen LogP contribution in [0, 0.1) is 74.2 Å². The lowest BCUT2D eigenvalue weighted by molar-refractivity contribution is 0.581. The van der Waals surface area contributed by atoms with E-state index in [1.807, 2.05) is 0 Å². The highest BCUT2D eigenvalue weighted by atomic mass is 19.2. The van der Waals surface area contributed by atoms with Crippen LogP contribution in [-0.4, -0.2) is 6.15 Å². The minimum atomic E-state index is -4.48. The molecule has 0 saturated heterocycles. The van der Waals surface area contributed by atoms with Crippen molar-refractivity contribution in [2.24, 2.45) is 0 Å². The predicted octanol–water partition coefficient (Wildman–Crippen LogP) is 5.41. The summed E-state index contributed by atoms with van der Waals surface area (Å²) in [6.07, 6.45) is -4.48. The van der Waals surface area contributed by atoms with Crippen LogP contribution in [0.3, 0.4) is 0 Å². The molecule has 37 heavy (non-hydrogen) atoms. The standard InChI is InChI=1S/C28H20BF8/c1-13-5-17(30)25(18(31)6-13)29(26-19(32)7-14(2)8-20(26)33,27-21(34)9-15(3)10-22(27)35)28-23(36)11-16(4)12-24(28)37/h5-12H,1-4H3/q-1. The van der Waals surface area contributed by atoms with Gasteiger partial charge in [0.05, 0.1) is 46.5 Å². The van der Waals surface area contributed by atoms with Gasteiger partial charge in [-0.1, -0.05) is 0 Å². The first-order chi connectivity index (χ1) is 17.3. The molecule has 0 radical (unpaired) electrons. The first-order valence-corrected chi connectivity index (χ1v) is 11.3. The molecule has 0 aliphatic rings. The van der Waals surface area contributed by atoms with Crippen molar-refractivity contribution in [3.63, 3.8) is 0 Å². The average molecular weight is 519 g/mol. The second-order valence-corrected chi connectivity index (χ2v) is 9.43. The van der Waals surface area contributed by atoms with E-state index in [0.29, 0.717) is 0 Å². The summed E-state index contributed by atoms with van der Waals surface area (Å²) in [5.74, 6) is -11.9. The zero-order valence-electron chi connectivity index (χ0n) is 20.2. The Kier molecular flexibility index (Phi) is 6.69. The lowest BCUT2D eigenvalue weighted by Gasteiger charge is -2.45. The first-order valence-electron chi connectivity index (χ1n) is 11.3. The smallest absolute Gasteiger partial charge is 0.136 e. The zero-order chi connectivity index (χ0) is 27.4. The van der Waals surface area contributed by atoms with Crippen LogP contribution in [0.25, 0.3) is 0 Å². The third kappa shape index (κ3) is 4.20. The Morgan fingerprint density at radius 1 is 0.324 bits per heavy atom. The molecule has 4 aromatic rings. The molecule has 0 amide bonds. The van der Waals surface area contributed by atoms with Crippen molar-refractivity contribution in [2.75, 3.05) is 0 Å². The van der Waals surface area contributed by atoms with Gasteiger partial charge < -0.3 is 0 Å². The molecule has 4 aromatic carbocycles. The van der Waals surface area contributed by atoms with Crippen LogP contribution in [0.2, 0.25) is 0 Å². The summed E-state index contributed by atoms with van der Waals surface area (Å²) >= 11 is 0. The van der Waals surface area contributed by atoms with E-state index in [9.17, 15) is 0 Å². The number of hydrogen-bond acceptors (Lipinski definition) is 0. The van der Waals surface area contributed by atoms with Crippen LogP contribution in [-0.2, 0) is 0 Å². The number of halogens is 8. The second-order valence-electron chi connectivity index (χ2n) is 9.43. The van der Waals surface area contributed by atoms with E-state index in [1.165, 1.54) is 27.7 Å². The Morgan fingerprint density at radius 3 is 0.595 bits per heavy atom. The fourth-order valence-electron chi connectivity index (χ4n) is 5.36. The average Bonchev–Trinajstić information content (AvgIpc) is 2.70. The first kappa shape index (κ1) is 26.4. The molecule has 0 aliphatic carbocycles. The third-order valence-electron chi connectivity index (χ3n) is 6.63. The summed E-state index contributed by atoms with van der Waals surface area (Å²) in [6, 6.07) is 6.05. The molecule has 0 bridgehead atoms. The minimum absolute atomic E-state index is 0.0167. The van der Waals surface area contributed by atoms with Crippen molar-refractivity contribution in [3.05, 3.63) is 117 Å². The van der Waals surface area contributed by atoms with Crippen LogP contribution in [0.1, 0.15) is 22.3 Å². The van der Waals surface area contributed by atoms with Gasteiger partial charge in [-0.2, -0.15) is 0 Å². The third-order valence-corrected chi connectivity index (χ3v) is 6.63. The Hall–Kier alpha value is -3.62. The van der Waals surface area contributed by atoms with Gasteiger partial charge in [-0.25, -0.2) is 35.1 Å². The fraction of sp³-hybridized carbons (Fsp3) is 0.143. The molecule has 0 atom stereocenters. The van der Waals surface area contributed by atoms with E-state index in [0.717, 1.165) is 48.5 Å². The van der Waals surface area contributed by atoms with Crippen LogP contribution in [0.4, 0.5) is 35.1 Å². The van der Waals surface area contributed by atoms with Crippen molar-refractivity contribution in [2.45, 2.75) is 27.7 Å². The summed E-state index contributed by atoms with van der Waals surface area (Å²) in [4.78, 5) is 0. The van der Waals surface area contributed by atoms with Crippen LogP contribution >= 0.6 is 0 Å². The molecule has 0 spiro atoms. The summed E-state index contributed by atoms with van der Waals surface area (Å²) in [6.45, 7) is 5.21. The molecule has 0 fully saturated rings. The van der Waals surface area contributed by atoms with Gasteiger partial charge in [0.15, 0.2) is 0 Å². The minimum Gasteiger partial charge on any atom is -0.210 e. The molecule has 0 saturated carbocycles. The molecule has 0 unspecified atom stereocenters. The highest BCUT2D eigenvalue weighted by Crippen LogP contribution is 2.24. The molecule has 0 aromatic heterocycles. The van der Waals surface area contributed by atoms with Gasteiger partial charge in [-0.15, -0.1) is 21.9 Å². The topological polar surface area (TPSA) is 0 Å². The van der Waals surface area contributed by atoms with Crippen molar-refractivity contribution in [1.82, 2.24) is 0 Å². The molecule has 0 N–H and O–H groups in total. The van der Waals surface area contributed by atoms with Gasteiger partial charge in [-0.05, 0) is 98.5 Å². The molecule has 0 heterocycles. The van der Waals surface area contributed by atoms with E-state index in [2.05, 4.69) is 0 Å². The van der Waals surface area contributed by atoms with Gasteiger partial charge in [0.2, 0.25) is 0 Å². The monoisotopic (exact) mass is 519 g/mol. The summed E-state index contributed by atoms with van der Waals surface area (Å²) < 4.78 is 126. The number of benzene rings is 4. The molecule has 4 rings (SSSR count). The normalized spacial score (nSPS) is 11.8. The van der Waals surface area contributed by atoms with Crippen LogP contribution in [0.15, 0.2) is 48.5 Å². The fourth-order valence-corrected chi connectivity index (χ4v) is 5.36. The number of rotatable bonds is 4. The van der Waals surface area contributed by atoms with Gasteiger partial charge in [0.1, 0.15) is 6.15 Å². The Labute approximate surface area is 208 Å². The van der Waals surface area contributed by atoms with Crippen molar-refractivity contribution in [3.8, 4) is 0 Å². The maximum Gasteiger partial charge on any atom is 0.136 e. The molecule has 0 aliphatic heterocycles. The van der Waals surface area contributed by atoms with Gasteiger partial charge in [0, 0.05) is 0 Å². The van der Waals surface area contributed by atoms with E-state index >= 15 is 35.1 Å². The van der Waals surface area contributed by atoms with Crippen molar-refractivity contribution in [1.29, 1.82) is 0 Å². The summed E-state index contributed by atoms with van der Waals surface area (Å²) in [5, 5.41) is 0. The largest absolute Gasteiger partial charge is 0.210 e. The lowest BCUT2D eigenvalue weighted by atomic mass is 9.12. The van der Waals surface area contributed by atoms with Crippen molar-refractivity contribution < 1.29 is 35.1 Å². The van der Waals surface area contributed by atoms with E-state index in [4.69, 9.17) is 0 Å². The predicted molar refractivity (Wildman–Crippen MR) is 129 cm³/mol. The highest BCUT2D eigenvalue weighted by Gasteiger charge is 2.46. The SMILES string of the molecule is Cc1cc(F)c([B-](c2c(F)cc(C)cc2F)(c2c(F)cc(C)cc2F)c2c(F)cc(C)cc2F)c(F)c1. The highest BCUT2D eigenvalue weighted by molar-refractivity contribution is 7.20. The Morgan fingerprint density at radius 2 is 0.459 bits per heavy atom. The molecule has 192 valence electrons. The van der Waals surface area contributed by atoms with Crippen LogP contribution < -0.4 is 21.9 Å². The van der Waals surface area contributed by atoms with E-state index in [1.54, 1.807) is 0 Å². The van der Waals surface area contributed by atoms with Gasteiger partial charge in [0.25, 0.3) is 0 Å². The van der Waals surface area contributed by atoms with E-state index in [-0.39, 0.29) is 22.3 Å². The molecule has 9 heteroatoms. The van der Waals surface area contributed by atoms with E-state index < -0.39 is 74.5 Å². The van der Waals surface area contributed by atoms with Crippen LogP contribution in [0.5, 0.6) is 0 Å². The van der Waals surface area contributed by atoms with Crippen molar-refractivity contribution >= 4 is 28.0 Å². The lowest BCUT2D eigenvalue weighted by Crippen LogP contribution is -2.80. The van der Waals surface area contributed by atoms with Gasteiger partial charge >= 0.3 is 0 Å². The maximum atomic E-state index is 15.7. The second kappa shape index (κ2) is 9.36. The Bertz CT molecular complexity index is 1230. The molecular weight excluding hydrogens is 499 g/mol. The summed E-state index contributed by atoms with van der Waals surface area (Å²) in [7, 11) is 0. The number of aryl methyl sites for hydroxylation is 4. The zero-order valence-corrected chi connectivity index (χ0v) is 20.2. The molecule has 0 nitrogen and oxygen atoms in total. The summed E-state index contributed by atoms with van der Waals surface area (Å²) in [5.41, 5.74) is -5.06. The maximum absolute atomic E-state index is 15.7. The van der Waals surface area contributed by atoms with Gasteiger partial charge in [-0.3, -0.25) is 0 Å². The quantitative estimate of drug-likeness (QED) is 0.250. The molecular formula is C28H20BF8-. The number of hydrogen-bond donors (Lipinski definition) is 0. The Balaban J connectivity index is 2.46.